The molecule has 0 amide bonds. The van der Waals surface area contributed by atoms with Gasteiger partial charge in [0.25, 0.3) is 0 Å². The summed E-state index contributed by atoms with van der Waals surface area (Å²) < 4.78 is 0. The predicted octanol–water partition coefficient (Wildman–Crippen LogP) is 0.675. The van der Waals surface area contributed by atoms with Crippen molar-refractivity contribution >= 4 is 6.21 Å². The maximum atomic E-state index is 8.30. The van der Waals surface area contributed by atoms with Gasteiger partial charge < -0.3 is 0 Å². The van der Waals surface area contributed by atoms with E-state index < -0.39 is 0 Å². The van der Waals surface area contributed by atoms with Gasteiger partial charge in [-0.05, 0) is 13.1 Å². The van der Waals surface area contributed by atoms with Gasteiger partial charge in [-0.25, -0.2) is 0 Å². The van der Waals surface area contributed by atoms with E-state index in [1.807, 2.05) is 13.1 Å². The van der Waals surface area contributed by atoms with Crippen molar-refractivity contribution in [3.8, 4) is 6.07 Å². The Morgan fingerprint density at radius 1 is 1.82 bits per heavy atom. The van der Waals surface area contributed by atoms with Crippen molar-refractivity contribution in [2.24, 2.45) is 4.99 Å². The van der Waals surface area contributed by atoms with E-state index in [0.29, 0.717) is 12.5 Å². The highest BCUT2D eigenvalue weighted by atomic mass is 15.3. The number of hydrogen-bond acceptors (Lipinski definition) is 3. The molecule has 1 rings (SSSR count). The third-order valence-electron chi connectivity index (χ3n) is 1.84. The molecule has 1 saturated heterocycles. The molecule has 1 aliphatic rings. The van der Waals surface area contributed by atoms with Crippen LogP contribution >= 0.6 is 0 Å². The minimum Gasteiger partial charge on any atom is -0.296 e. The van der Waals surface area contributed by atoms with E-state index in [1.165, 1.54) is 0 Å². The second kappa shape index (κ2) is 4.09. The monoisotopic (exact) mass is 151 g/mol. The molecule has 60 valence electrons. The standard InChI is InChI=1S/C8H13N3/c1-2-10-6-8-7-11(8)5-3-4-9/h2,8H,3,5-7H2,1H3. The molecule has 0 aliphatic carbocycles. The van der Waals surface area contributed by atoms with Gasteiger partial charge in [0.15, 0.2) is 0 Å². The molecule has 0 saturated carbocycles. The molecule has 1 heterocycles. The van der Waals surface area contributed by atoms with Gasteiger partial charge in [0.05, 0.1) is 12.6 Å². The molecule has 0 aromatic heterocycles. The van der Waals surface area contributed by atoms with Gasteiger partial charge in [0.2, 0.25) is 0 Å². The van der Waals surface area contributed by atoms with E-state index in [2.05, 4.69) is 16.0 Å². The minimum absolute atomic E-state index is 0.625. The Morgan fingerprint density at radius 2 is 2.64 bits per heavy atom. The lowest BCUT2D eigenvalue weighted by Gasteiger charge is -1.95. The molecule has 0 aromatic carbocycles. The lowest BCUT2D eigenvalue weighted by atomic mass is 10.4. The number of hydrogen-bond donors (Lipinski definition) is 0. The second-order valence-electron chi connectivity index (χ2n) is 2.68. The Morgan fingerprint density at radius 3 is 3.27 bits per heavy atom. The fourth-order valence-corrected chi connectivity index (χ4v) is 1.09. The second-order valence-corrected chi connectivity index (χ2v) is 2.68. The maximum Gasteiger partial charge on any atom is 0.0635 e. The van der Waals surface area contributed by atoms with Crippen molar-refractivity contribution in [1.29, 1.82) is 5.26 Å². The number of aliphatic imine (C=N–C) groups is 1. The predicted molar refractivity (Wildman–Crippen MR) is 44.6 cm³/mol. The first-order valence-corrected chi connectivity index (χ1v) is 3.94. The molecule has 0 radical (unpaired) electrons. The zero-order valence-corrected chi connectivity index (χ0v) is 6.82. The van der Waals surface area contributed by atoms with Crippen LogP contribution in [0.1, 0.15) is 13.3 Å². The molecule has 0 bridgehead atoms. The van der Waals surface area contributed by atoms with Gasteiger partial charge in [-0.1, -0.05) is 0 Å². The van der Waals surface area contributed by atoms with Crippen LogP contribution in [0.2, 0.25) is 0 Å². The normalized spacial score (nSPS) is 28.7. The third kappa shape index (κ3) is 2.69. The van der Waals surface area contributed by atoms with E-state index in [4.69, 9.17) is 5.26 Å². The van der Waals surface area contributed by atoms with E-state index in [0.717, 1.165) is 19.6 Å². The molecule has 3 heteroatoms. The first kappa shape index (κ1) is 8.22. The fraction of sp³-hybridized carbons (Fsp3) is 0.750. The van der Waals surface area contributed by atoms with Crippen LogP contribution in [0.4, 0.5) is 0 Å². The van der Waals surface area contributed by atoms with E-state index in [9.17, 15) is 0 Å². The van der Waals surface area contributed by atoms with E-state index in [1.54, 1.807) is 0 Å². The molecule has 2 atom stereocenters. The van der Waals surface area contributed by atoms with Crippen molar-refractivity contribution in [3.63, 3.8) is 0 Å². The molecular weight excluding hydrogens is 138 g/mol. The lowest BCUT2D eigenvalue weighted by molar-refractivity contribution is 0.519. The Labute approximate surface area is 67.3 Å². The smallest absolute Gasteiger partial charge is 0.0635 e. The average molecular weight is 151 g/mol. The maximum absolute atomic E-state index is 8.30. The van der Waals surface area contributed by atoms with Crippen LogP contribution in [-0.2, 0) is 0 Å². The fourth-order valence-electron chi connectivity index (χ4n) is 1.09. The molecule has 2 unspecified atom stereocenters. The van der Waals surface area contributed by atoms with Gasteiger partial charge in [-0.3, -0.25) is 9.89 Å². The number of rotatable bonds is 4. The molecule has 1 aliphatic heterocycles. The van der Waals surface area contributed by atoms with Gasteiger partial charge in [-0.15, -0.1) is 0 Å². The molecule has 0 aromatic rings. The van der Waals surface area contributed by atoms with Gasteiger partial charge >= 0.3 is 0 Å². The van der Waals surface area contributed by atoms with Crippen LogP contribution in [0, 0.1) is 11.3 Å². The van der Waals surface area contributed by atoms with Crippen molar-refractivity contribution in [1.82, 2.24) is 4.90 Å². The van der Waals surface area contributed by atoms with E-state index >= 15 is 0 Å². The number of nitriles is 1. The van der Waals surface area contributed by atoms with Crippen LogP contribution in [0.3, 0.4) is 0 Å². The molecule has 0 N–H and O–H groups in total. The summed E-state index contributed by atoms with van der Waals surface area (Å²) in [6.07, 6.45) is 2.48. The van der Waals surface area contributed by atoms with Crippen LogP contribution in [-0.4, -0.2) is 36.8 Å². The van der Waals surface area contributed by atoms with Gasteiger partial charge in [-0.2, -0.15) is 5.26 Å². The summed E-state index contributed by atoms with van der Waals surface area (Å²) in [5.41, 5.74) is 0. The number of nitrogens with zero attached hydrogens (tertiary/aromatic N) is 3. The Bertz CT molecular complexity index is 180. The third-order valence-corrected chi connectivity index (χ3v) is 1.84. The quantitative estimate of drug-likeness (QED) is 0.437. The summed E-state index contributed by atoms with van der Waals surface area (Å²) in [6, 6.07) is 2.76. The summed E-state index contributed by atoms with van der Waals surface area (Å²) in [5.74, 6) is 0. The van der Waals surface area contributed by atoms with Crippen LogP contribution in [0.5, 0.6) is 0 Å². The van der Waals surface area contributed by atoms with Crippen LogP contribution < -0.4 is 0 Å². The van der Waals surface area contributed by atoms with Crippen LogP contribution in [0.25, 0.3) is 0 Å². The summed E-state index contributed by atoms with van der Waals surface area (Å²) >= 11 is 0. The molecule has 1 fully saturated rings. The van der Waals surface area contributed by atoms with Crippen molar-refractivity contribution in [2.75, 3.05) is 19.6 Å². The summed E-state index contributed by atoms with van der Waals surface area (Å²) in [7, 11) is 0. The molecule has 0 spiro atoms. The van der Waals surface area contributed by atoms with Gasteiger partial charge in [0, 0.05) is 25.6 Å². The van der Waals surface area contributed by atoms with Crippen molar-refractivity contribution in [3.05, 3.63) is 0 Å². The highest BCUT2D eigenvalue weighted by molar-refractivity contribution is 5.53. The molecule has 3 nitrogen and oxygen atoms in total. The first-order chi connectivity index (χ1) is 5.38. The van der Waals surface area contributed by atoms with Crippen molar-refractivity contribution < 1.29 is 0 Å². The van der Waals surface area contributed by atoms with Crippen LogP contribution in [0.15, 0.2) is 4.99 Å². The average Bonchev–Trinajstić information content (AvgIpc) is 2.76. The topological polar surface area (TPSA) is 39.2 Å². The minimum atomic E-state index is 0.625. The van der Waals surface area contributed by atoms with Gasteiger partial charge in [0.1, 0.15) is 0 Å². The van der Waals surface area contributed by atoms with E-state index in [-0.39, 0.29) is 0 Å². The lowest BCUT2D eigenvalue weighted by Crippen LogP contribution is -2.05. The molecular formula is C8H13N3. The first-order valence-electron chi connectivity index (χ1n) is 3.94. The summed E-state index contributed by atoms with van der Waals surface area (Å²) in [6.45, 7) is 4.88. The molecule has 11 heavy (non-hydrogen) atoms. The Hall–Kier alpha value is -0.880. The summed E-state index contributed by atoms with van der Waals surface area (Å²) in [4.78, 5) is 6.42. The highest BCUT2D eigenvalue weighted by Gasteiger charge is 2.32. The van der Waals surface area contributed by atoms with Crippen molar-refractivity contribution in [2.45, 2.75) is 19.4 Å². The SMILES string of the molecule is CC=NCC1CN1CCC#N. The zero-order valence-electron chi connectivity index (χ0n) is 6.82. The Kier molecular flexibility index (Phi) is 3.06. The highest BCUT2D eigenvalue weighted by Crippen LogP contribution is 2.16. The summed E-state index contributed by atoms with van der Waals surface area (Å²) in [5, 5.41) is 8.30. The zero-order chi connectivity index (χ0) is 8.10. The Balaban J connectivity index is 2.03. The largest absolute Gasteiger partial charge is 0.296 e.